The molecule has 0 radical (unpaired) electrons. The topological polar surface area (TPSA) is 54.0 Å². The molecule has 0 aliphatic rings. The van der Waals surface area contributed by atoms with Crippen molar-refractivity contribution in [2.45, 2.75) is 6.42 Å². The van der Waals surface area contributed by atoms with E-state index in [0.29, 0.717) is 36.9 Å². The van der Waals surface area contributed by atoms with Gasteiger partial charge in [0.1, 0.15) is 23.0 Å². The smallest absolute Gasteiger partial charge is 0.330 e. The molecule has 0 heterocycles. The lowest BCUT2D eigenvalue weighted by atomic mass is 10.3. The van der Waals surface area contributed by atoms with E-state index in [4.69, 9.17) is 18.9 Å². The van der Waals surface area contributed by atoms with Crippen molar-refractivity contribution in [3.8, 4) is 23.0 Å². The highest BCUT2D eigenvalue weighted by atomic mass is 16.5. The molecule has 5 heteroatoms. The summed E-state index contributed by atoms with van der Waals surface area (Å²) in [6, 6.07) is 14.5. The zero-order chi connectivity index (χ0) is 17.9. The van der Waals surface area contributed by atoms with Gasteiger partial charge in [-0.05, 0) is 48.5 Å². The predicted octanol–water partition coefficient (Wildman–Crippen LogP) is 4.50. The number of hydrogen-bond donors (Lipinski definition) is 0. The molecule has 5 nitrogen and oxygen atoms in total. The number of carbonyl (C=O) groups excluding carboxylic acids is 1. The maximum absolute atomic E-state index is 10.9. The molecule has 2 rings (SSSR count). The highest BCUT2D eigenvalue weighted by Crippen LogP contribution is 2.25. The number of benzene rings is 2. The third kappa shape index (κ3) is 6.43. The third-order valence-electron chi connectivity index (χ3n) is 3.07. The number of rotatable bonds is 10. The fourth-order valence-corrected chi connectivity index (χ4v) is 1.90. The van der Waals surface area contributed by atoms with E-state index in [0.717, 1.165) is 11.8 Å². The summed E-state index contributed by atoms with van der Waals surface area (Å²) < 4.78 is 21.3. The lowest BCUT2D eigenvalue weighted by molar-refractivity contribution is -0.137. The summed E-state index contributed by atoms with van der Waals surface area (Å²) in [7, 11) is 0. The Bertz CT molecular complexity index is 689. The zero-order valence-corrected chi connectivity index (χ0v) is 13.9. The molecule has 0 unspecified atom stereocenters. The van der Waals surface area contributed by atoms with Crippen molar-refractivity contribution >= 4 is 5.97 Å². The number of esters is 1. The van der Waals surface area contributed by atoms with E-state index >= 15 is 0 Å². The molecule has 2 aromatic rings. The molecule has 0 saturated heterocycles. The lowest BCUT2D eigenvalue weighted by Gasteiger charge is -2.09. The van der Waals surface area contributed by atoms with Gasteiger partial charge in [0.15, 0.2) is 0 Å². The first-order valence-electron chi connectivity index (χ1n) is 7.79. The summed E-state index contributed by atoms with van der Waals surface area (Å²) in [6.07, 6.45) is 3.12. The average molecular weight is 340 g/mol. The van der Waals surface area contributed by atoms with Crippen molar-refractivity contribution in [2.75, 3.05) is 13.2 Å². The molecule has 0 aliphatic heterocycles. The van der Waals surface area contributed by atoms with Crippen LogP contribution in [0.1, 0.15) is 6.42 Å². The Hall–Kier alpha value is -3.21. The van der Waals surface area contributed by atoms with Crippen molar-refractivity contribution in [1.82, 2.24) is 0 Å². The number of ether oxygens (including phenoxy) is 4. The normalized spacial score (nSPS) is 9.76. The van der Waals surface area contributed by atoms with Gasteiger partial charge in [-0.3, -0.25) is 0 Å². The summed E-state index contributed by atoms with van der Waals surface area (Å²) in [5.41, 5.74) is 0. The molecule has 0 aliphatic carbocycles. The van der Waals surface area contributed by atoms with Crippen LogP contribution in [0.5, 0.6) is 23.0 Å². The van der Waals surface area contributed by atoms with Crippen LogP contribution in [-0.4, -0.2) is 19.2 Å². The first kappa shape index (κ1) is 18.1. The molecule has 0 spiro atoms. The fourth-order valence-electron chi connectivity index (χ4n) is 1.90. The van der Waals surface area contributed by atoms with Crippen LogP contribution in [0.15, 0.2) is 74.0 Å². The fraction of sp³-hybridized carbons (Fsp3) is 0.150. The van der Waals surface area contributed by atoms with Gasteiger partial charge in [-0.1, -0.05) is 13.2 Å². The van der Waals surface area contributed by atoms with E-state index < -0.39 is 5.97 Å². The van der Waals surface area contributed by atoms with Crippen LogP contribution in [-0.2, 0) is 9.53 Å². The Morgan fingerprint density at radius 1 is 0.840 bits per heavy atom. The Kier molecular flexibility index (Phi) is 7.13. The van der Waals surface area contributed by atoms with Crippen molar-refractivity contribution in [3.63, 3.8) is 0 Å². The Morgan fingerprint density at radius 3 is 1.96 bits per heavy atom. The second-order valence-corrected chi connectivity index (χ2v) is 4.90. The van der Waals surface area contributed by atoms with Gasteiger partial charge < -0.3 is 18.9 Å². The van der Waals surface area contributed by atoms with Crippen LogP contribution in [0.3, 0.4) is 0 Å². The van der Waals surface area contributed by atoms with Crippen LogP contribution in [0.4, 0.5) is 0 Å². The average Bonchev–Trinajstić information content (AvgIpc) is 2.64. The minimum Gasteiger partial charge on any atom is -0.493 e. The van der Waals surface area contributed by atoms with Crippen molar-refractivity contribution in [2.24, 2.45) is 0 Å². The third-order valence-corrected chi connectivity index (χ3v) is 3.07. The molecule has 0 saturated carbocycles. The van der Waals surface area contributed by atoms with E-state index in [1.165, 1.54) is 6.26 Å². The van der Waals surface area contributed by atoms with E-state index in [9.17, 15) is 4.79 Å². The van der Waals surface area contributed by atoms with Crippen LogP contribution < -0.4 is 14.2 Å². The maximum Gasteiger partial charge on any atom is 0.330 e. The molecule has 0 bridgehead atoms. The Morgan fingerprint density at radius 2 is 1.40 bits per heavy atom. The van der Waals surface area contributed by atoms with Gasteiger partial charge in [-0.2, -0.15) is 0 Å². The van der Waals surface area contributed by atoms with Gasteiger partial charge in [-0.15, -0.1) is 0 Å². The van der Waals surface area contributed by atoms with Gasteiger partial charge in [0, 0.05) is 12.5 Å². The molecule has 2 aromatic carbocycles. The molecule has 0 N–H and O–H groups in total. The number of hydrogen-bond acceptors (Lipinski definition) is 5. The highest BCUT2D eigenvalue weighted by Gasteiger charge is 2.00. The van der Waals surface area contributed by atoms with Gasteiger partial charge >= 0.3 is 5.97 Å². The SMILES string of the molecule is C=COc1ccc(Oc2ccc(OCCCOC(=O)C=C)cc2)cc1. The molecule has 0 atom stereocenters. The molecule has 130 valence electrons. The minimum atomic E-state index is -0.425. The first-order chi connectivity index (χ1) is 12.2. The largest absolute Gasteiger partial charge is 0.493 e. The molecule has 0 aromatic heterocycles. The summed E-state index contributed by atoms with van der Waals surface area (Å²) in [5, 5.41) is 0. The van der Waals surface area contributed by atoms with Crippen LogP contribution in [0, 0.1) is 0 Å². The standard InChI is InChI=1S/C20H20O5/c1-3-20(21)24-15-5-14-23-17-8-12-19(13-9-17)25-18-10-6-16(7-11-18)22-4-2/h3-4,6-13H,1-2,5,14-15H2. The van der Waals surface area contributed by atoms with E-state index in [2.05, 4.69) is 13.2 Å². The van der Waals surface area contributed by atoms with E-state index in [1.807, 2.05) is 36.4 Å². The quantitative estimate of drug-likeness (QED) is 0.276. The second kappa shape index (κ2) is 9.82. The monoisotopic (exact) mass is 340 g/mol. The van der Waals surface area contributed by atoms with Crippen molar-refractivity contribution in [1.29, 1.82) is 0 Å². The molecular formula is C20H20O5. The van der Waals surface area contributed by atoms with Gasteiger partial charge in [-0.25, -0.2) is 4.79 Å². The predicted molar refractivity (Wildman–Crippen MR) is 95.1 cm³/mol. The molecule has 0 fully saturated rings. The lowest BCUT2D eigenvalue weighted by Crippen LogP contribution is -2.06. The molecule has 25 heavy (non-hydrogen) atoms. The van der Waals surface area contributed by atoms with Crippen LogP contribution in [0.2, 0.25) is 0 Å². The maximum atomic E-state index is 10.9. The second-order valence-electron chi connectivity index (χ2n) is 4.90. The summed E-state index contributed by atoms with van der Waals surface area (Å²) >= 11 is 0. The first-order valence-corrected chi connectivity index (χ1v) is 7.79. The Labute approximate surface area is 147 Å². The van der Waals surface area contributed by atoms with Crippen molar-refractivity contribution in [3.05, 3.63) is 74.0 Å². The van der Waals surface area contributed by atoms with Gasteiger partial charge in [0.2, 0.25) is 0 Å². The van der Waals surface area contributed by atoms with Crippen LogP contribution in [0.25, 0.3) is 0 Å². The summed E-state index contributed by atoms with van der Waals surface area (Å²) in [5.74, 6) is 2.39. The van der Waals surface area contributed by atoms with E-state index in [1.54, 1.807) is 12.1 Å². The number of carbonyl (C=O) groups is 1. The molecule has 0 amide bonds. The Balaban J connectivity index is 1.76. The van der Waals surface area contributed by atoms with E-state index in [-0.39, 0.29) is 0 Å². The summed E-state index contributed by atoms with van der Waals surface area (Å²) in [6.45, 7) is 7.59. The zero-order valence-electron chi connectivity index (χ0n) is 13.9. The highest BCUT2D eigenvalue weighted by molar-refractivity contribution is 5.81. The van der Waals surface area contributed by atoms with Crippen LogP contribution >= 0.6 is 0 Å². The van der Waals surface area contributed by atoms with Gasteiger partial charge in [0.25, 0.3) is 0 Å². The van der Waals surface area contributed by atoms with Crippen molar-refractivity contribution < 1.29 is 23.7 Å². The molecular weight excluding hydrogens is 320 g/mol. The minimum absolute atomic E-state index is 0.303. The summed E-state index contributed by atoms with van der Waals surface area (Å²) in [4.78, 5) is 10.9. The van der Waals surface area contributed by atoms with Gasteiger partial charge in [0.05, 0.1) is 19.5 Å².